The van der Waals surface area contributed by atoms with Crippen molar-refractivity contribution >= 4 is 21.6 Å². The summed E-state index contributed by atoms with van der Waals surface area (Å²) >= 11 is 0. The van der Waals surface area contributed by atoms with Gasteiger partial charge in [-0.1, -0.05) is 6.92 Å². The van der Waals surface area contributed by atoms with Gasteiger partial charge < -0.3 is 10.1 Å². The van der Waals surface area contributed by atoms with Crippen molar-refractivity contribution in [3.8, 4) is 11.8 Å². The molecule has 2 aromatic carbocycles. The van der Waals surface area contributed by atoms with E-state index in [2.05, 4.69) is 10.0 Å². The number of nitrogens with zero attached hydrogens (tertiary/aromatic N) is 1. The number of benzene rings is 2. The molecule has 0 aliphatic carbocycles. The maximum Gasteiger partial charge on any atom is 0.261 e. The smallest absolute Gasteiger partial charge is 0.261 e. The van der Waals surface area contributed by atoms with Gasteiger partial charge in [0.1, 0.15) is 11.8 Å². The first-order valence-electron chi connectivity index (χ1n) is 7.93. The Balaban J connectivity index is 2.24. The number of carbonyl (C=O) groups is 1. The van der Waals surface area contributed by atoms with Crippen molar-refractivity contribution in [2.45, 2.75) is 18.2 Å². The molecule has 0 spiro atoms. The van der Waals surface area contributed by atoms with E-state index in [1.54, 1.807) is 0 Å². The summed E-state index contributed by atoms with van der Waals surface area (Å²) in [5.74, 6) is 0.0870. The number of sulfonamides is 1. The Hall–Kier alpha value is -3.05. The molecule has 7 nitrogen and oxygen atoms in total. The normalized spacial score (nSPS) is 10.7. The van der Waals surface area contributed by atoms with Crippen LogP contribution in [0.3, 0.4) is 0 Å². The molecule has 0 aliphatic rings. The largest absolute Gasteiger partial charge is 0.492 e. The number of nitriles is 1. The van der Waals surface area contributed by atoms with Crippen LogP contribution in [0.1, 0.15) is 29.3 Å². The average Bonchev–Trinajstić information content (AvgIpc) is 2.65. The third-order valence-electron chi connectivity index (χ3n) is 3.47. The second-order valence-corrected chi connectivity index (χ2v) is 7.06. The zero-order chi connectivity index (χ0) is 19.2. The fraction of sp³-hybridized carbons (Fsp3) is 0.222. The van der Waals surface area contributed by atoms with Crippen molar-refractivity contribution in [3.05, 3.63) is 53.6 Å². The highest BCUT2D eigenvalue weighted by molar-refractivity contribution is 7.92. The Kier molecular flexibility index (Phi) is 6.20. The number of nitrogens with one attached hydrogen (secondary N) is 2. The van der Waals surface area contributed by atoms with Crippen LogP contribution in [0.15, 0.2) is 47.4 Å². The van der Waals surface area contributed by atoms with Gasteiger partial charge in [-0.25, -0.2) is 8.42 Å². The van der Waals surface area contributed by atoms with Crippen molar-refractivity contribution < 1.29 is 17.9 Å². The Morgan fingerprint density at radius 2 is 1.88 bits per heavy atom. The molecule has 0 aliphatic heterocycles. The second kappa shape index (κ2) is 8.36. The highest BCUT2D eigenvalue weighted by Crippen LogP contribution is 2.24. The first-order chi connectivity index (χ1) is 12.4. The number of hydrogen-bond acceptors (Lipinski definition) is 5. The maximum absolute atomic E-state index is 12.5. The molecule has 136 valence electrons. The Morgan fingerprint density at radius 3 is 2.46 bits per heavy atom. The SMILES string of the molecule is CCCOc1ccc(S(=O)(=O)Nc2ccc(C(=O)NC)cc2)cc1C#N. The highest BCUT2D eigenvalue weighted by atomic mass is 32.2. The average molecular weight is 373 g/mol. The van der Waals surface area contributed by atoms with Gasteiger partial charge in [-0.2, -0.15) is 5.26 Å². The molecular weight excluding hydrogens is 354 g/mol. The minimum atomic E-state index is -3.88. The molecule has 8 heteroatoms. The fourth-order valence-corrected chi connectivity index (χ4v) is 3.23. The molecule has 0 saturated heterocycles. The molecule has 0 fully saturated rings. The molecule has 2 aromatic rings. The summed E-state index contributed by atoms with van der Waals surface area (Å²) in [5.41, 5.74) is 0.874. The predicted octanol–water partition coefficient (Wildman–Crippen LogP) is 2.51. The summed E-state index contributed by atoms with van der Waals surface area (Å²) in [7, 11) is -2.37. The summed E-state index contributed by atoms with van der Waals surface area (Å²) < 4.78 is 32.9. The molecule has 26 heavy (non-hydrogen) atoms. The van der Waals surface area contributed by atoms with Gasteiger partial charge in [-0.05, 0) is 48.9 Å². The number of ether oxygens (including phenoxy) is 1. The van der Waals surface area contributed by atoms with E-state index in [0.717, 1.165) is 6.42 Å². The topological polar surface area (TPSA) is 108 Å². The molecule has 0 radical (unpaired) electrons. The Bertz CT molecular complexity index is 932. The number of amides is 1. The van der Waals surface area contributed by atoms with Gasteiger partial charge in [0.15, 0.2) is 0 Å². The van der Waals surface area contributed by atoms with Crippen LogP contribution in [0.5, 0.6) is 5.75 Å². The highest BCUT2D eigenvalue weighted by Gasteiger charge is 2.17. The molecule has 1 amide bonds. The number of rotatable bonds is 7. The molecule has 0 bridgehead atoms. The van der Waals surface area contributed by atoms with Crippen LogP contribution in [-0.2, 0) is 10.0 Å². The van der Waals surface area contributed by atoms with E-state index in [-0.39, 0.29) is 16.4 Å². The van der Waals surface area contributed by atoms with Crippen LogP contribution in [0.4, 0.5) is 5.69 Å². The van der Waals surface area contributed by atoms with E-state index in [1.807, 2.05) is 13.0 Å². The summed E-state index contributed by atoms with van der Waals surface area (Å²) in [6.45, 7) is 2.38. The van der Waals surface area contributed by atoms with Gasteiger partial charge in [0, 0.05) is 18.3 Å². The lowest BCUT2D eigenvalue weighted by molar-refractivity contribution is 0.0963. The van der Waals surface area contributed by atoms with Crippen LogP contribution in [0.25, 0.3) is 0 Å². The van der Waals surface area contributed by atoms with Gasteiger partial charge in [0.25, 0.3) is 15.9 Å². The van der Waals surface area contributed by atoms with Crippen LogP contribution in [-0.4, -0.2) is 28.0 Å². The van der Waals surface area contributed by atoms with Crippen LogP contribution in [0.2, 0.25) is 0 Å². The molecule has 2 rings (SSSR count). The van der Waals surface area contributed by atoms with Crippen molar-refractivity contribution in [3.63, 3.8) is 0 Å². The van der Waals surface area contributed by atoms with Gasteiger partial charge in [0.05, 0.1) is 17.1 Å². The van der Waals surface area contributed by atoms with Crippen LogP contribution in [0, 0.1) is 11.3 Å². The number of hydrogen-bond donors (Lipinski definition) is 2. The minimum Gasteiger partial charge on any atom is -0.492 e. The van der Waals surface area contributed by atoms with E-state index >= 15 is 0 Å². The van der Waals surface area contributed by atoms with E-state index in [4.69, 9.17) is 4.74 Å². The lowest BCUT2D eigenvalue weighted by Gasteiger charge is -2.11. The van der Waals surface area contributed by atoms with Crippen LogP contribution >= 0.6 is 0 Å². The fourth-order valence-electron chi connectivity index (χ4n) is 2.15. The van der Waals surface area contributed by atoms with Gasteiger partial charge in [-0.3, -0.25) is 9.52 Å². The molecule has 0 aromatic heterocycles. The minimum absolute atomic E-state index is 0.0479. The van der Waals surface area contributed by atoms with E-state index in [9.17, 15) is 18.5 Å². The Labute approximate surface area is 152 Å². The van der Waals surface area contributed by atoms with Gasteiger partial charge in [0.2, 0.25) is 0 Å². The standard InChI is InChI=1S/C18H19N3O4S/c1-3-10-25-17-9-8-16(11-14(17)12-19)26(23,24)21-15-6-4-13(5-7-15)18(22)20-2/h4-9,11,21H,3,10H2,1-2H3,(H,20,22). The lowest BCUT2D eigenvalue weighted by atomic mass is 10.2. The third-order valence-corrected chi connectivity index (χ3v) is 4.85. The predicted molar refractivity (Wildman–Crippen MR) is 97.6 cm³/mol. The van der Waals surface area contributed by atoms with E-state index < -0.39 is 10.0 Å². The van der Waals surface area contributed by atoms with Crippen molar-refractivity contribution in [2.24, 2.45) is 0 Å². The zero-order valence-electron chi connectivity index (χ0n) is 14.4. The molecule has 0 unspecified atom stereocenters. The maximum atomic E-state index is 12.5. The summed E-state index contributed by atoms with van der Waals surface area (Å²) in [6, 6.07) is 12.1. The zero-order valence-corrected chi connectivity index (χ0v) is 15.3. The van der Waals surface area contributed by atoms with Crippen molar-refractivity contribution in [1.82, 2.24) is 5.32 Å². The number of carbonyl (C=O) groups excluding carboxylic acids is 1. The second-order valence-electron chi connectivity index (χ2n) is 5.38. The molecule has 0 saturated carbocycles. The summed E-state index contributed by atoms with van der Waals surface area (Å²) in [5, 5.41) is 11.7. The molecular formula is C18H19N3O4S. The summed E-state index contributed by atoms with van der Waals surface area (Å²) in [4.78, 5) is 11.5. The van der Waals surface area contributed by atoms with Gasteiger partial charge in [-0.15, -0.1) is 0 Å². The van der Waals surface area contributed by atoms with E-state index in [0.29, 0.717) is 23.6 Å². The molecule has 2 N–H and O–H groups in total. The summed E-state index contributed by atoms with van der Waals surface area (Å²) in [6.07, 6.45) is 0.776. The lowest BCUT2D eigenvalue weighted by Crippen LogP contribution is -2.18. The number of anilines is 1. The third kappa shape index (κ3) is 4.52. The first kappa shape index (κ1) is 19.3. The first-order valence-corrected chi connectivity index (χ1v) is 9.41. The Morgan fingerprint density at radius 1 is 1.19 bits per heavy atom. The molecule has 0 atom stereocenters. The quantitative estimate of drug-likeness (QED) is 0.775. The van der Waals surface area contributed by atoms with Gasteiger partial charge >= 0.3 is 0 Å². The van der Waals surface area contributed by atoms with Crippen molar-refractivity contribution in [1.29, 1.82) is 5.26 Å². The monoisotopic (exact) mass is 373 g/mol. The van der Waals surface area contributed by atoms with E-state index in [1.165, 1.54) is 49.5 Å². The molecule has 0 heterocycles. The van der Waals surface area contributed by atoms with Crippen LogP contribution < -0.4 is 14.8 Å². The van der Waals surface area contributed by atoms with Crippen molar-refractivity contribution in [2.75, 3.05) is 18.4 Å².